The quantitative estimate of drug-likeness (QED) is 0.828. The van der Waals surface area contributed by atoms with Crippen molar-refractivity contribution in [2.75, 3.05) is 0 Å². The van der Waals surface area contributed by atoms with Crippen molar-refractivity contribution in [2.24, 2.45) is 11.8 Å². The molecule has 1 aliphatic rings. The lowest BCUT2D eigenvalue weighted by Gasteiger charge is -2.37. The molecule has 3 atom stereocenters. The number of hydrogen-bond donors (Lipinski definition) is 1. The van der Waals surface area contributed by atoms with Gasteiger partial charge in [-0.2, -0.15) is 0 Å². The highest BCUT2D eigenvalue weighted by Gasteiger charge is 2.46. The van der Waals surface area contributed by atoms with Crippen molar-refractivity contribution in [3.63, 3.8) is 0 Å². The lowest BCUT2D eigenvalue weighted by Crippen LogP contribution is -2.38. The molecule has 1 fully saturated rings. The van der Waals surface area contributed by atoms with E-state index in [9.17, 15) is 9.67 Å². The minimum absolute atomic E-state index is 0.0280. The zero-order valence-electron chi connectivity index (χ0n) is 14.5. The first kappa shape index (κ1) is 17.5. The van der Waals surface area contributed by atoms with Crippen molar-refractivity contribution in [2.45, 2.75) is 44.9 Å². The van der Waals surface area contributed by atoms with Crippen molar-refractivity contribution < 1.29 is 9.67 Å². The summed E-state index contributed by atoms with van der Waals surface area (Å²) in [7, 11) is -2.84. The molecule has 128 valence electrons. The molecule has 0 saturated heterocycles. The minimum atomic E-state index is -2.84. The van der Waals surface area contributed by atoms with E-state index in [4.69, 9.17) is 0 Å². The molecule has 3 rings (SSSR count). The van der Waals surface area contributed by atoms with Gasteiger partial charge >= 0.3 is 0 Å². The summed E-state index contributed by atoms with van der Waals surface area (Å²) in [6.45, 7) is 4.29. The Kier molecular flexibility index (Phi) is 5.27. The highest BCUT2D eigenvalue weighted by Crippen LogP contribution is 2.56. The molecule has 0 unspecified atom stereocenters. The summed E-state index contributed by atoms with van der Waals surface area (Å²) < 4.78 is 14.6. The molecular weight excluding hydrogens is 315 g/mol. The van der Waals surface area contributed by atoms with E-state index in [0.29, 0.717) is 0 Å². The van der Waals surface area contributed by atoms with Crippen LogP contribution in [0, 0.1) is 11.8 Å². The van der Waals surface area contributed by atoms with Gasteiger partial charge in [0.2, 0.25) is 0 Å². The Morgan fingerprint density at radius 1 is 0.917 bits per heavy atom. The second-order valence-corrected chi connectivity index (χ2v) is 10.2. The van der Waals surface area contributed by atoms with Crippen LogP contribution >= 0.6 is 7.14 Å². The molecule has 0 aromatic heterocycles. The molecule has 1 N–H and O–H groups in total. The number of hydrogen-bond acceptors (Lipinski definition) is 2. The van der Waals surface area contributed by atoms with E-state index in [1.54, 1.807) is 0 Å². The topological polar surface area (TPSA) is 37.3 Å². The van der Waals surface area contributed by atoms with Gasteiger partial charge in [-0.25, -0.2) is 0 Å². The molecule has 1 saturated carbocycles. The predicted molar refractivity (Wildman–Crippen MR) is 102 cm³/mol. The van der Waals surface area contributed by atoms with E-state index in [0.717, 1.165) is 29.9 Å². The Balaban J connectivity index is 2.18. The first-order valence-corrected chi connectivity index (χ1v) is 10.7. The van der Waals surface area contributed by atoms with Crippen LogP contribution in [0.25, 0.3) is 0 Å². The Morgan fingerprint density at radius 3 is 1.79 bits per heavy atom. The Bertz CT molecular complexity index is 653. The van der Waals surface area contributed by atoms with Crippen molar-refractivity contribution in [1.29, 1.82) is 0 Å². The zero-order valence-corrected chi connectivity index (χ0v) is 15.4. The maximum absolute atomic E-state index is 14.6. The number of aliphatic hydroxyl groups excluding tert-OH is 1. The van der Waals surface area contributed by atoms with E-state index in [1.165, 1.54) is 0 Å². The maximum Gasteiger partial charge on any atom is 0.146 e. The first-order valence-electron chi connectivity index (χ1n) is 8.94. The van der Waals surface area contributed by atoms with Gasteiger partial charge in [-0.1, -0.05) is 80.9 Å². The molecule has 3 heteroatoms. The second kappa shape index (κ2) is 7.25. The van der Waals surface area contributed by atoms with Crippen LogP contribution in [0.1, 0.15) is 33.1 Å². The average Bonchev–Trinajstić information content (AvgIpc) is 3.02. The third-order valence-corrected chi connectivity index (χ3v) is 9.30. The van der Waals surface area contributed by atoms with E-state index in [1.807, 2.05) is 60.7 Å². The zero-order chi connectivity index (χ0) is 17.2. The van der Waals surface area contributed by atoms with Gasteiger partial charge in [0.05, 0.1) is 6.10 Å². The van der Waals surface area contributed by atoms with Gasteiger partial charge in [-0.3, -0.25) is 0 Å². The Morgan fingerprint density at radius 2 is 1.42 bits per heavy atom. The molecule has 0 aliphatic heterocycles. The van der Waals surface area contributed by atoms with Crippen molar-refractivity contribution in [1.82, 2.24) is 0 Å². The van der Waals surface area contributed by atoms with E-state index < -0.39 is 7.14 Å². The summed E-state index contributed by atoms with van der Waals surface area (Å²) in [5.41, 5.74) is -0.0280. The molecule has 2 aromatic rings. The summed E-state index contributed by atoms with van der Waals surface area (Å²) in [5, 5.41) is 12.4. The molecule has 0 heterocycles. The molecule has 24 heavy (non-hydrogen) atoms. The molecule has 0 radical (unpaired) electrons. The molecule has 2 aromatic carbocycles. The van der Waals surface area contributed by atoms with E-state index >= 15 is 0 Å². The lowest BCUT2D eigenvalue weighted by atomic mass is 9.93. The highest BCUT2D eigenvalue weighted by atomic mass is 31.2. The molecular formula is C21H27O2P. The summed E-state index contributed by atoms with van der Waals surface area (Å²) in [6, 6.07) is 19.8. The van der Waals surface area contributed by atoms with Crippen LogP contribution in [-0.4, -0.2) is 16.9 Å². The van der Waals surface area contributed by atoms with Gasteiger partial charge < -0.3 is 9.67 Å². The number of rotatable bonds is 5. The smallest absolute Gasteiger partial charge is 0.146 e. The van der Waals surface area contributed by atoms with Crippen molar-refractivity contribution in [3.8, 4) is 0 Å². The predicted octanol–water partition coefficient (Wildman–Crippen LogP) is 4.19. The van der Waals surface area contributed by atoms with Crippen LogP contribution in [0.4, 0.5) is 0 Å². The number of aliphatic hydroxyl groups is 1. The number of benzene rings is 2. The molecule has 1 aliphatic carbocycles. The van der Waals surface area contributed by atoms with Crippen LogP contribution in [0.3, 0.4) is 0 Å². The summed E-state index contributed by atoms with van der Waals surface area (Å²) in [6.07, 6.45) is 2.49. The fourth-order valence-electron chi connectivity index (χ4n) is 4.34. The third kappa shape index (κ3) is 3.10. The molecule has 0 bridgehead atoms. The normalized spacial score (nSPS) is 22.7. The van der Waals surface area contributed by atoms with Gasteiger partial charge in [0.1, 0.15) is 7.14 Å². The Hall–Kier alpha value is -1.37. The SMILES string of the molecule is CC(C)[C@@H]([C@H]1CCC[C@@H]1O)P(=O)(c1ccccc1)c1ccccc1. The van der Waals surface area contributed by atoms with Gasteiger partial charge in [0.25, 0.3) is 0 Å². The fraction of sp³-hybridized carbons (Fsp3) is 0.429. The van der Waals surface area contributed by atoms with Gasteiger partial charge in [-0.05, 0) is 24.7 Å². The molecule has 0 spiro atoms. The van der Waals surface area contributed by atoms with E-state index in [-0.39, 0.29) is 23.6 Å². The van der Waals surface area contributed by atoms with Crippen LogP contribution in [0.15, 0.2) is 60.7 Å². The van der Waals surface area contributed by atoms with Gasteiger partial charge in [0.15, 0.2) is 0 Å². The van der Waals surface area contributed by atoms with Crippen molar-refractivity contribution in [3.05, 3.63) is 60.7 Å². The van der Waals surface area contributed by atoms with Crippen LogP contribution in [0.2, 0.25) is 0 Å². The van der Waals surface area contributed by atoms with Gasteiger partial charge in [-0.15, -0.1) is 0 Å². The average molecular weight is 342 g/mol. The molecule has 0 amide bonds. The summed E-state index contributed by atoms with van der Waals surface area (Å²) in [5.74, 6) is 0.352. The maximum atomic E-state index is 14.6. The first-order chi connectivity index (χ1) is 11.5. The standard InChI is InChI=1S/C21H27O2P/c1-16(2)21(19-14-9-15-20(19)22)24(23,17-10-5-3-6-11-17)18-12-7-4-8-13-18/h3-8,10-13,16,19-22H,9,14-15H2,1-2H3/t19-,20-,21-/m0/s1. The van der Waals surface area contributed by atoms with Crippen LogP contribution in [0.5, 0.6) is 0 Å². The molecule has 2 nitrogen and oxygen atoms in total. The minimum Gasteiger partial charge on any atom is -0.393 e. The lowest BCUT2D eigenvalue weighted by molar-refractivity contribution is 0.122. The largest absolute Gasteiger partial charge is 0.393 e. The fourth-order valence-corrected chi connectivity index (χ4v) is 8.29. The second-order valence-electron chi connectivity index (χ2n) is 7.23. The monoisotopic (exact) mass is 342 g/mol. The summed E-state index contributed by atoms with van der Waals surface area (Å²) in [4.78, 5) is 0. The summed E-state index contributed by atoms with van der Waals surface area (Å²) >= 11 is 0. The van der Waals surface area contributed by atoms with E-state index in [2.05, 4.69) is 13.8 Å². The Labute approximate surface area is 145 Å². The van der Waals surface area contributed by atoms with Gasteiger partial charge in [0, 0.05) is 16.3 Å². The van der Waals surface area contributed by atoms with Crippen LogP contribution < -0.4 is 10.6 Å². The third-order valence-electron chi connectivity index (χ3n) is 5.35. The van der Waals surface area contributed by atoms with Crippen LogP contribution in [-0.2, 0) is 4.57 Å². The highest BCUT2D eigenvalue weighted by molar-refractivity contribution is 7.79. The van der Waals surface area contributed by atoms with Crippen molar-refractivity contribution >= 4 is 17.8 Å².